The fourth-order valence-corrected chi connectivity index (χ4v) is 1.50. The van der Waals surface area contributed by atoms with Crippen LogP contribution in [0.3, 0.4) is 0 Å². The molecule has 4 nitrogen and oxygen atoms in total. The molecule has 0 aliphatic rings. The average molecular weight is 225 g/mol. The summed E-state index contributed by atoms with van der Waals surface area (Å²) in [5.74, 6) is 0. The van der Waals surface area contributed by atoms with Crippen LogP contribution in [0.15, 0.2) is 10.7 Å². The highest BCUT2D eigenvalue weighted by Gasteiger charge is 2.07. The van der Waals surface area contributed by atoms with Gasteiger partial charge in [0, 0.05) is 20.1 Å². The molecule has 0 unspecified atom stereocenters. The summed E-state index contributed by atoms with van der Waals surface area (Å²) in [4.78, 5) is 6.50. The quantitative estimate of drug-likeness (QED) is 0.690. The molecule has 0 aliphatic heterocycles. The summed E-state index contributed by atoms with van der Waals surface area (Å²) < 4.78 is 5.43. The topological polar surface area (TPSA) is 41.3 Å². The largest absolute Gasteiger partial charge is 0.432 e. The molecule has 1 N–H and O–H groups in total. The van der Waals surface area contributed by atoms with Gasteiger partial charge >= 0.3 is 0 Å². The first-order valence-corrected chi connectivity index (χ1v) is 6.14. The summed E-state index contributed by atoms with van der Waals surface area (Å²) >= 11 is 0. The maximum atomic E-state index is 5.43. The van der Waals surface area contributed by atoms with Gasteiger partial charge in [-0.25, -0.2) is 0 Å². The summed E-state index contributed by atoms with van der Waals surface area (Å²) in [6.07, 6.45) is 5.42. The minimum absolute atomic E-state index is 0.726. The Bertz CT molecular complexity index is 286. The van der Waals surface area contributed by atoms with Gasteiger partial charge in [0.25, 0.3) is 6.01 Å². The first-order valence-electron chi connectivity index (χ1n) is 6.14. The highest BCUT2D eigenvalue weighted by Crippen LogP contribution is 2.12. The van der Waals surface area contributed by atoms with Gasteiger partial charge in [-0.3, -0.25) is 0 Å². The number of nitrogens with one attached hydrogen (secondary N) is 1. The van der Waals surface area contributed by atoms with Crippen LogP contribution in [0.4, 0.5) is 6.01 Å². The first-order chi connectivity index (χ1) is 7.77. The number of aromatic nitrogens is 1. The van der Waals surface area contributed by atoms with Gasteiger partial charge in [0.1, 0.15) is 6.26 Å². The van der Waals surface area contributed by atoms with Crippen LogP contribution in [0.5, 0.6) is 0 Å². The van der Waals surface area contributed by atoms with Gasteiger partial charge in [0.05, 0.1) is 5.69 Å². The Morgan fingerprint density at radius 1 is 1.38 bits per heavy atom. The third kappa shape index (κ3) is 4.23. The van der Waals surface area contributed by atoms with E-state index in [9.17, 15) is 0 Å². The third-order valence-corrected chi connectivity index (χ3v) is 2.52. The normalized spacial score (nSPS) is 10.7. The van der Waals surface area contributed by atoms with Crippen LogP contribution in [0.2, 0.25) is 0 Å². The van der Waals surface area contributed by atoms with E-state index < -0.39 is 0 Å². The van der Waals surface area contributed by atoms with Crippen molar-refractivity contribution in [2.24, 2.45) is 0 Å². The Morgan fingerprint density at radius 2 is 2.19 bits per heavy atom. The molecule has 0 saturated carbocycles. The minimum Gasteiger partial charge on any atom is -0.432 e. The van der Waals surface area contributed by atoms with Crippen molar-refractivity contribution in [2.45, 2.75) is 39.7 Å². The lowest BCUT2D eigenvalue weighted by Crippen LogP contribution is -2.19. The van der Waals surface area contributed by atoms with Gasteiger partial charge in [0.15, 0.2) is 0 Å². The van der Waals surface area contributed by atoms with Gasteiger partial charge in [-0.1, -0.05) is 26.7 Å². The Balaban J connectivity index is 2.37. The Kier molecular flexibility index (Phi) is 5.93. The zero-order valence-corrected chi connectivity index (χ0v) is 10.6. The van der Waals surface area contributed by atoms with Crippen LogP contribution in [0.25, 0.3) is 0 Å². The van der Waals surface area contributed by atoms with Crippen LogP contribution in [0.1, 0.15) is 38.8 Å². The molecule has 0 spiro atoms. The molecule has 0 aliphatic carbocycles. The molecule has 1 heterocycles. The predicted octanol–water partition coefficient (Wildman–Crippen LogP) is 2.41. The number of hydrogen-bond acceptors (Lipinski definition) is 4. The van der Waals surface area contributed by atoms with Crippen molar-refractivity contribution >= 4 is 6.01 Å². The van der Waals surface area contributed by atoms with Gasteiger partial charge in [-0.05, 0) is 13.0 Å². The van der Waals surface area contributed by atoms with Gasteiger partial charge < -0.3 is 14.6 Å². The number of oxazole rings is 1. The second kappa shape index (κ2) is 7.28. The second-order valence-corrected chi connectivity index (χ2v) is 4.03. The van der Waals surface area contributed by atoms with E-state index in [1.165, 1.54) is 19.3 Å². The molecule has 0 bridgehead atoms. The van der Waals surface area contributed by atoms with Crippen LogP contribution >= 0.6 is 0 Å². The maximum Gasteiger partial charge on any atom is 0.297 e. The number of anilines is 1. The number of nitrogens with zero attached hydrogens (tertiary/aromatic N) is 2. The summed E-state index contributed by atoms with van der Waals surface area (Å²) in [7, 11) is 2.03. The van der Waals surface area contributed by atoms with Gasteiger partial charge in [-0.2, -0.15) is 4.98 Å². The van der Waals surface area contributed by atoms with Crippen LogP contribution in [-0.4, -0.2) is 25.1 Å². The minimum atomic E-state index is 0.726. The van der Waals surface area contributed by atoms with Crippen molar-refractivity contribution in [3.05, 3.63) is 12.0 Å². The Hall–Kier alpha value is -1.03. The van der Waals surface area contributed by atoms with E-state index >= 15 is 0 Å². The van der Waals surface area contributed by atoms with Crippen molar-refractivity contribution in [3.8, 4) is 0 Å². The maximum absolute atomic E-state index is 5.43. The summed E-state index contributed by atoms with van der Waals surface area (Å²) in [5, 5.41) is 3.23. The lowest BCUT2D eigenvalue weighted by molar-refractivity contribution is 0.537. The van der Waals surface area contributed by atoms with Crippen LogP contribution in [-0.2, 0) is 6.54 Å². The zero-order valence-electron chi connectivity index (χ0n) is 10.6. The number of rotatable bonds is 8. The van der Waals surface area contributed by atoms with E-state index in [2.05, 4.69) is 29.0 Å². The van der Waals surface area contributed by atoms with Gasteiger partial charge in [-0.15, -0.1) is 0 Å². The average Bonchev–Trinajstić information content (AvgIpc) is 2.75. The molecule has 0 atom stereocenters. The Morgan fingerprint density at radius 3 is 2.88 bits per heavy atom. The van der Waals surface area contributed by atoms with Crippen LogP contribution < -0.4 is 10.2 Å². The SMILES string of the molecule is CCCCCN(C)c1nc(CNCC)co1. The van der Waals surface area contributed by atoms with Crippen LogP contribution in [0, 0.1) is 0 Å². The van der Waals surface area contributed by atoms with E-state index in [4.69, 9.17) is 4.42 Å². The molecule has 1 aromatic heterocycles. The predicted molar refractivity (Wildman–Crippen MR) is 66.7 cm³/mol. The molecule has 1 aromatic rings. The van der Waals surface area contributed by atoms with E-state index in [-0.39, 0.29) is 0 Å². The van der Waals surface area contributed by atoms with Crippen molar-refractivity contribution in [1.82, 2.24) is 10.3 Å². The molecule has 1 rings (SSSR count). The smallest absolute Gasteiger partial charge is 0.297 e. The van der Waals surface area contributed by atoms with Crippen molar-refractivity contribution < 1.29 is 4.42 Å². The number of unbranched alkanes of at least 4 members (excludes halogenated alkanes) is 2. The molecule has 4 heteroatoms. The molecular formula is C12H23N3O. The lowest BCUT2D eigenvalue weighted by Gasteiger charge is -2.13. The molecule has 16 heavy (non-hydrogen) atoms. The molecule has 0 radical (unpaired) electrons. The number of hydrogen-bond donors (Lipinski definition) is 1. The molecule has 0 saturated heterocycles. The fraction of sp³-hybridized carbons (Fsp3) is 0.750. The van der Waals surface area contributed by atoms with Crippen molar-refractivity contribution in [2.75, 3.05) is 25.0 Å². The van der Waals surface area contributed by atoms with E-state index in [1.54, 1.807) is 6.26 Å². The van der Waals surface area contributed by atoms with Gasteiger partial charge in [0.2, 0.25) is 0 Å². The third-order valence-electron chi connectivity index (χ3n) is 2.52. The molecule has 0 amide bonds. The van der Waals surface area contributed by atoms with E-state index in [0.717, 1.165) is 31.3 Å². The fourth-order valence-electron chi connectivity index (χ4n) is 1.50. The molecule has 0 aromatic carbocycles. The summed E-state index contributed by atoms with van der Waals surface area (Å²) in [5.41, 5.74) is 0.971. The standard InChI is InChI=1S/C12H23N3O/c1-4-6-7-8-15(3)12-14-11(10-16-12)9-13-5-2/h10,13H,4-9H2,1-3H3. The molecule has 0 fully saturated rings. The van der Waals surface area contributed by atoms with E-state index in [0.29, 0.717) is 0 Å². The summed E-state index contributed by atoms with van der Waals surface area (Å²) in [6.45, 7) is 7.03. The first kappa shape index (κ1) is 13.0. The molecular weight excluding hydrogens is 202 g/mol. The van der Waals surface area contributed by atoms with Crippen molar-refractivity contribution in [1.29, 1.82) is 0 Å². The monoisotopic (exact) mass is 225 g/mol. The van der Waals surface area contributed by atoms with E-state index in [1.807, 2.05) is 7.05 Å². The second-order valence-electron chi connectivity index (χ2n) is 4.03. The highest BCUT2D eigenvalue weighted by molar-refractivity contribution is 5.24. The van der Waals surface area contributed by atoms with Crippen molar-refractivity contribution in [3.63, 3.8) is 0 Å². The highest BCUT2D eigenvalue weighted by atomic mass is 16.4. The molecule has 92 valence electrons. The Labute approximate surface area is 98.0 Å². The zero-order chi connectivity index (χ0) is 11.8. The summed E-state index contributed by atoms with van der Waals surface area (Å²) in [6, 6.07) is 0.726. The lowest BCUT2D eigenvalue weighted by atomic mass is 10.2.